The zero-order valence-corrected chi connectivity index (χ0v) is 14.8. The van der Waals surface area contributed by atoms with Gasteiger partial charge in [0.1, 0.15) is 4.90 Å². The standard InChI is InChI=1S/C13H21BrN2O2S2/c1-9(10-5-3-2-4-6-10)16-20(17,18)12-7-11(8-15)19-13(12)14/h7,9-10,16H,2-6,8,15H2,1H3. The molecule has 2 rings (SSSR count). The second-order valence-corrected chi connectivity index (χ2v) is 9.50. The van der Waals surface area contributed by atoms with Gasteiger partial charge in [-0.05, 0) is 47.7 Å². The molecule has 1 aromatic rings. The molecular weight excluding hydrogens is 360 g/mol. The average Bonchev–Trinajstić information content (AvgIpc) is 2.81. The number of nitrogens with two attached hydrogens (primary N) is 1. The second kappa shape index (κ2) is 6.87. The number of thiophene rings is 1. The van der Waals surface area contributed by atoms with E-state index in [4.69, 9.17) is 5.73 Å². The van der Waals surface area contributed by atoms with Crippen LogP contribution in [0.3, 0.4) is 0 Å². The normalized spacial score (nSPS) is 19.1. The van der Waals surface area contributed by atoms with Gasteiger partial charge < -0.3 is 5.73 Å². The first-order chi connectivity index (χ1) is 9.44. The lowest BCUT2D eigenvalue weighted by atomic mass is 9.85. The fourth-order valence-electron chi connectivity index (χ4n) is 2.72. The minimum Gasteiger partial charge on any atom is -0.326 e. The van der Waals surface area contributed by atoms with E-state index in [2.05, 4.69) is 20.7 Å². The maximum Gasteiger partial charge on any atom is 0.242 e. The van der Waals surface area contributed by atoms with E-state index in [-0.39, 0.29) is 6.04 Å². The van der Waals surface area contributed by atoms with Gasteiger partial charge >= 0.3 is 0 Å². The van der Waals surface area contributed by atoms with Crippen molar-refractivity contribution in [1.29, 1.82) is 0 Å². The molecule has 7 heteroatoms. The van der Waals surface area contributed by atoms with Gasteiger partial charge in [-0.15, -0.1) is 11.3 Å². The average molecular weight is 381 g/mol. The number of hydrogen-bond acceptors (Lipinski definition) is 4. The first-order valence-corrected chi connectivity index (χ1v) is 10.0. The lowest BCUT2D eigenvalue weighted by Gasteiger charge is -2.28. The third kappa shape index (κ3) is 3.82. The Hall–Kier alpha value is 0.0500. The van der Waals surface area contributed by atoms with Gasteiger partial charge in [-0.1, -0.05) is 19.3 Å². The number of halogens is 1. The van der Waals surface area contributed by atoms with Gasteiger partial charge in [0.2, 0.25) is 10.0 Å². The van der Waals surface area contributed by atoms with Crippen molar-refractivity contribution in [2.75, 3.05) is 0 Å². The third-order valence-corrected chi connectivity index (χ3v) is 7.73. The summed E-state index contributed by atoms with van der Waals surface area (Å²) in [5, 5.41) is 0. The van der Waals surface area contributed by atoms with Crippen LogP contribution in [0, 0.1) is 5.92 Å². The van der Waals surface area contributed by atoms with Crippen LogP contribution >= 0.6 is 27.3 Å². The quantitative estimate of drug-likeness (QED) is 0.823. The van der Waals surface area contributed by atoms with E-state index in [9.17, 15) is 8.42 Å². The van der Waals surface area contributed by atoms with Crippen molar-refractivity contribution in [1.82, 2.24) is 4.72 Å². The fourth-order valence-corrected chi connectivity index (χ4v) is 6.59. The molecular formula is C13H21BrN2O2S2. The minimum atomic E-state index is -3.47. The summed E-state index contributed by atoms with van der Waals surface area (Å²) in [5.74, 6) is 0.449. The van der Waals surface area contributed by atoms with Crippen molar-refractivity contribution in [3.63, 3.8) is 0 Å². The van der Waals surface area contributed by atoms with Crippen LogP contribution in [-0.2, 0) is 16.6 Å². The Kier molecular flexibility index (Phi) is 5.64. The van der Waals surface area contributed by atoms with Crippen LogP contribution in [-0.4, -0.2) is 14.5 Å². The molecule has 0 aromatic carbocycles. The lowest BCUT2D eigenvalue weighted by Crippen LogP contribution is -2.38. The van der Waals surface area contributed by atoms with E-state index in [0.717, 1.165) is 17.7 Å². The van der Waals surface area contributed by atoms with Crippen molar-refractivity contribution < 1.29 is 8.42 Å². The van der Waals surface area contributed by atoms with Crippen molar-refractivity contribution in [2.45, 2.75) is 56.5 Å². The molecule has 1 aliphatic rings. The lowest BCUT2D eigenvalue weighted by molar-refractivity contribution is 0.303. The predicted octanol–water partition coefficient (Wildman–Crippen LogP) is 3.22. The largest absolute Gasteiger partial charge is 0.326 e. The number of rotatable bonds is 5. The molecule has 1 aliphatic carbocycles. The molecule has 1 aromatic heterocycles. The highest BCUT2D eigenvalue weighted by Gasteiger charge is 2.27. The highest BCUT2D eigenvalue weighted by molar-refractivity contribution is 9.11. The van der Waals surface area contributed by atoms with Crippen LogP contribution < -0.4 is 10.5 Å². The summed E-state index contributed by atoms with van der Waals surface area (Å²) in [4.78, 5) is 1.17. The Balaban J connectivity index is 2.11. The summed E-state index contributed by atoms with van der Waals surface area (Å²) < 4.78 is 28.4. The van der Waals surface area contributed by atoms with E-state index in [1.807, 2.05) is 6.92 Å². The van der Waals surface area contributed by atoms with Crippen LogP contribution in [0.25, 0.3) is 0 Å². The maximum absolute atomic E-state index is 12.5. The molecule has 1 fully saturated rings. The molecule has 20 heavy (non-hydrogen) atoms. The Labute approximate surface area is 133 Å². The van der Waals surface area contributed by atoms with Crippen LogP contribution in [0.2, 0.25) is 0 Å². The van der Waals surface area contributed by atoms with Gasteiger partial charge in [0.15, 0.2) is 0 Å². The number of sulfonamides is 1. The minimum absolute atomic E-state index is 0.0200. The highest BCUT2D eigenvalue weighted by atomic mass is 79.9. The Morgan fingerprint density at radius 2 is 2.10 bits per heavy atom. The smallest absolute Gasteiger partial charge is 0.242 e. The van der Waals surface area contributed by atoms with Gasteiger partial charge in [-0.3, -0.25) is 0 Å². The fraction of sp³-hybridized carbons (Fsp3) is 0.692. The molecule has 0 saturated heterocycles. The highest BCUT2D eigenvalue weighted by Crippen LogP contribution is 2.32. The summed E-state index contributed by atoms with van der Waals surface area (Å²) in [7, 11) is -3.47. The van der Waals surface area contributed by atoms with Crippen molar-refractivity contribution in [2.24, 2.45) is 11.7 Å². The first kappa shape index (κ1) is 16.4. The van der Waals surface area contributed by atoms with Crippen molar-refractivity contribution in [3.05, 3.63) is 14.7 Å². The molecule has 0 aliphatic heterocycles. The summed E-state index contributed by atoms with van der Waals surface area (Å²) in [5.41, 5.74) is 5.57. The molecule has 1 atom stereocenters. The molecule has 1 heterocycles. The van der Waals surface area contributed by atoms with Crippen LogP contribution in [0.4, 0.5) is 0 Å². The van der Waals surface area contributed by atoms with Gasteiger partial charge in [0, 0.05) is 17.5 Å². The Morgan fingerprint density at radius 1 is 1.45 bits per heavy atom. The molecule has 0 amide bonds. The molecule has 0 spiro atoms. The van der Waals surface area contributed by atoms with Crippen LogP contribution in [0.15, 0.2) is 14.7 Å². The van der Waals surface area contributed by atoms with Gasteiger partial charge in [-0.2, -0.15) is 0 Å². The van der Waals surface area contributed by atoms with Crippen LogP contribution in [0.5, 0.6) is 0 Å². The van der Waals surface area contributed by atoms with Gasteiger partial charge in [-0.25, -0.2) is 13.1 Å². The van der Waals surface area contributed by atoms with E-state index in [1.54, 1.807) is 6.07 Å². The zero-order valence-electron chi connectivity index (χ0n) is 11.6. The molecule has 0 radical (unpaired) electrons. The number of nitrogens with one attached hydrogen (secondary N) is 1. The summed E-state index contributed by atoms with van der Waals surface area (Å²) >= 11 is 4.70. The molecule has 114 valence electrons. The summed E-state index contributed by atoms with van der Waals surface area (Å²) in [6.45, 7) is 2.33. The second-order valence-electron chi connectivity index (χ2n) is 5.36. The first-order valence-electron chi connectivity index (χ1n) is 6.94. The summed E-state index contributed by atoms with van der Waals surface area (Å²) in [6.07, 6.45) is 5.91. The molecule has 3 N–H and O–H groups in total. The topological polar surface area (TPSA) is 72.2 Å². The zero-order chi connectivity index (χ0) is 14.8. The van der Waals surface area contributed by atoms with Crippen molar-refractivity contribution in [3.8, 4) is 0 Å². The Morgan fingerprint density at radius 3 is 2.65 bits per heavy atom. The van der Waals surface area contributed by atoms with Crippen molar-refractivity contribution >= 4 is 37.3 Å². The number of hydrogen-bond donors (Lipinski definition) is 2. The van der Waals surface area contributed by atoms with E-state index < -0.39 is 10.0 Å². The van der Waals surface area contributed by atoms with E-state index in [0.29, 0.717) is 21.1 Å². The molecule has 4 nitrogen and oxygen atoms in total. The SMILES string of the molecule is CC(NS(=O)(=O)c1cc(CN)sc1Br)C1CCCCC1. The monoisotopic (exact) mass is 380 g/mol. The third-order valence-electron chi connectivity index (χ3n) is 3.90. The molecule has 1 saturated carbocycles. The van der Waals surface area contributed by atoms with E-state index in [1.165, 1.54) is 30.6 Å². The molecule has 1 unspecified atom stereocenters. The summed E-state index contributed by atoms with van der Waals surface area (Å²) in [6, 6.07) is 1.64. The Bertz CT molecular complexity index is 551. The maximum atomic E-state index is 12.5. The van der Waals surface area contributed by atoms with E-state index >= 15 is 0 Å². The molecule has 0 bridgehead atoms. The van der Waals surface area contributed by atoms with Crippen LogP contribution in [0.1, 0.15) is 43.9 Å². The predicted molar refractivity (Wildman–Crippen MR) is 86.3 cm³/mol. The van der Waals surface area contributed by atoms with Gasteiger partial charge in [0.25, 0.3) is 0 Å². The van der Waals surface area contributed by atoms with Gasteiger partial charge in [0.05, 0.1) is 3.79 Å².